The van der Waals surface area contributed by atoms with Gasteiger partial charge in [0.2, 0.25) is 18.1 Å². The van der Waals surface area contributed by atoms with Gasteiger partial charge in [-0.25, -0.2) is 27.1 Å². The zero-order valence-electron chi connectivity index (χ0n) is 17.5. The van der Waals surface area contributed by atoms with Gasteiger partial charge < -0.3 is 15.0 Å². The number of carbonyl (C=O) groups is 1. The molecule has 3 rings (SSSR count). The van der Waals surface area contributed by atoms with E-state index in [2.05, 4.69) is 10.3 Å². The van der Waals surface area contributed by atoms with Crippen LogP contribution in [0.25, 0.3) is 0 Å². The normalized spacial score (nSPS) is 22.6. The van der Waals surface area contributed by atoms with Crippen LogP contribution < -0.4 is 15.0 Å². The number of benzene rings is 1. The van der Waals surface area contributed by atoms with Gasteiger partial charge >= 0.3 is 0 Å². The second-order valence-corrected chi connectivity index (χ2v) is 10.0. The number of carbonyl (C=O) groups excluding carboxylic acids is 1. The maximum Gasteiger partial charge on any atom is 0.247 e. The van der Waals surface area contributed by atoms with E-state index in [1.807, 2.05) is 0 Å². The number of methoxy groups -OCH3 is 1. The topological polar surface area (TPSA) is 95.4 Å². The zero-order chi connectivity index (χ0) is 23.8. The summed E-state index contributed by atoms with van der Waals surface area (Å²) in [6, 6.07) is 3.51. The molecule has 174 valence electrons. The molecule has 1 fully saturated rings. The summed E-state index contributed by atoms with van der Waals surface area (Å²) >= 11 is 0. The molecule has 0 bridgehead atoms. The molecule has 12 heteroatoms. The minimum atomic E-state index is -3.15. The van der Waals surface area contributed by atoms with Crippen molar-refractivity contribution < 1.29 is 31.3 Å². The van der Waals surface area contributed by atoms with Crippen LogP contribution in [-0.2, 0) is 14.5 Å². The molecule has 1 saturated heterocycles. The summed E-state index contributed by atoms with van der Waals surface area (Å²) in [6.45, 7) is 1.00. The largest absolute Gasteiger partial charge is 0.491 e. The van der Waals surface area contributed by atoms with E-state index in [-0.39, 0.29) is 29.4 Å². The number of amides is 1. The highest BCUT2D eigenvalue weighted by Gasteiger charge is 2.50. The number of hydrogen-bond acceptors (Lipinski definition) is 6. The van der Waals surface area contributed by atoms with Crippen LogP contribution in [0.2, 0.25) is 0 Å². The lowest BCUT2D eigenvalue weighted by Crippen LogP contribution is -2.40. The Balaban J connectivity index is 1.99. The lowest BCUT2D eigenvalue weighted by Gasteiger charge is -2.28. The molecule has 1 aromatic heterocycles. The summed E-state index contributed by atoms with van der Waals surface area (Å²) in [6.07, 6.45) is -0.612. The molecule has 32 heavy (non-hydrogen) atoms. The van der Waals surface area contributed by atoms with Gasteiger partial charge in [0.1, 0.15) is 11.1 Å². The zero-order valence-corrected chi connectivity index (χ0v) is 18.3. The standard InChI is InChI=1S/C20H22F4N4O3S/c1-20(19(23)24)9-14(18(29)27-11-6-7-26-15(8-11)32(3,25)30)28(10-20)13-5-4-12(21)16(22)17(13)31-2/h4-8,14,19,25H,9-10H2,1-3H3,(H,26,27,29)/t14?,20?,32-/m1/s1. The van der Waals surface area contributed by atoms with E-state index in [0.29, 0.717) is 0 Å². The van der Waals surface area contributed by atoms with Gasteiger partial charge in [0.15, 0.2) is 11.6 Å². The second-order valence-electron chi connectivity index (χ2n) is 7.93. The van der Waals surface area contributed by atoms with Gasteiger partial charge in [-0.3, -0.25) is 4.79 Å². The highest BCUT2D eigenvalue weighted by atomic mass is 32.2. The highest BCUT2D eigenvalue weighted by Crippen LogP contribution is 2.45. The molecule has 2 heterocycles. The van der Waals surface area contributed by atoms with Crippen molar-refractivity contribution in [2.45, 2.75) is 30.8 Å². The van der Waals surface area contributed by atoms with Gasteiger partial charge in [-0.1, -0.05) is 6.92 Å². The Morgan fingerprint density at radius 1 is 1.38 bits per heavy atom. The van der Waals surface area contributed by atoms with Crippen LogP contribution in [0, 0.1) is 21.8 Å². The molecule has 7 nitrogen and oxygen atoms in total. The molecule has 2 aromatic rings. The van der Waals surface area contributed by atoms with Gasteiger partial charge in [0.25, 0.3) is 0 Å². The third-order valence-electron chi connectivity index (χ3n) is 5.34. The Labute approximate surface area is 182 Å². The Bertz CT molecular complexity index is 1150. The van der Waals surface area contributed by atoms with E-state index in [1.165, 1.54) is 42.5 Å². The lowest BCUT2D eigenvalue weighted by molar-refractivity contribution is -0.117. The first-order valence-electron chi connectivity index (χ1n) is 9.45. The van der Waals surface area contributed by atoms with E-state index < -0.39 is 50.9 Å². The van der Waals surface area contributed by atoms with Crippen LogP contribution >= 0.6 is 0 Å². The fraction of sp³-hybridized carbons (Fsp3) is 0.400. The van der Waals surface area contributed by atoms with Crippen molar-refractivity contribution >= 4 is 27.0 Å². The molecule has 3 atom stereocenters. The number of anilines is 2. The summed E-state index contributed by atoms with van der Waals surface area (Å²) in [7, 11) is -2.04. The fourth-order valence-electron chi connectivity index (χ4n) is 3.63. The van der Waals surface area contributed by atoms with Crippen molar-refractivity contribution in [3.63, 3.8) is 0 Å². The molecule has 1 aliphatic rings. The molecule has 1 aromatic carbocycles. The summed E-state index contributed by atoms with van der Waals surface area (Å²) < 4.78 is 80.1. The second kappa shape index (κ2) is 8.57. The van der Waals surface area contributed by atoms with Crippen molar-refractivity contribution in [2.24, 2.45) is 5.41 Å². The van der Waals surface area contributed by atoms with Crippen molar-refractivity contribution in [3.8, 4) is 5.75 Å². The molecule has 2 N–H and O–H groups in total. The third kappa shape index (κ3) is 4.50. The number of nitrogens with one attached hydrogen (secondary N) is 2. The van der Waals surface area contributed by atoms with E-state index in [1.54, 1.807) is 0 Å². The van der Waals surface area contributed by atoms with Gasteiger partial charge in [-0.2, -0.15) is 4.39 Å². The minimum Gasteiger partial charge on any atom is -0.491 e. The maximum atomic E-state index is 14.3. The van der Waals surface area contributed by atoms with E-state index in [4.69, 9.17) is 9.52 Å². The van der Waals surface area contributed by atoms with Crippen LogP contribution in [0.1, 0.15) is 13.3 Å². The molecule has 0 saturated carbocycles. The predicted molar refractivity (Wildman–Crippen MR) is 111 cm³/mol. The molecule has 0 spiro atoms. The number of alkyl halides is 2. The lowest BCUT2D eigenvalue weighted by atomic mass is 9.88. The van der Waals surface area contributed by atoms with Gasteiger partial charge in [-0.05, 0) is 30.7 Å². The van der Waals surface area contributed by atoms with Crippen molar-refractivity contribution in [2.75, 3.05) is 30.1 Å². The Hall–Kier alpha value is -2.89. The van der Waals surface area contributed by atoms with Gasteiger partial charge in [-0.15, -0.1) is 0 Å². The van der Waals surface area contributed by atoms with Crippen molar-refractivity contribution in [1.29, 1.82) is 4.78 Å². The average Bonchev–Trinajstić information content (AvgIpc) is 3.08. The van der Waals surface area contributed by atoms with E-state index in [9.17, 15) is 26.6 Å². The van der Waals surface area contributed by atoms with Crippen molar-refractivity contribution in [3.05, 3.63) is 42.1 Å². The monoisotopic (exact) mass is 474 g/mol. The SMILES string of the molecule is COc1c(N2CC(C)(C(F)F)CC2C(=O)Nc2ccnc([S@](C)(=N)=O)c2)ccc(F)c1F. The number of hydrogen-bond donors (Lipinski definition) is 2. The Morgan fingerprint density at radius 3 is 2.66 bits per heavy atom. The number of pyridine rings is 1. The van der Waals surface area contributed by atoms with Crippen LogP contribution in [-0.4, -0.2) is 47.5 Å². The minimum absolute atomic E-state index is 0.0333. The Kier molecular flexibility index (Phi) is 6.36. The van der Waals surface area contributed by atoms with Crippen molar-refractivity contribution in [1.82, 2.24) is 4.98 Å². The maximum absolute atomic E-state index is 14.3. The predicted octanol–water partition coefficient (Wildman–Crippen LogP) is 3.89. The first-order valence-corrected chi connectivity index (χ1v) is 11.4. The molecule has 1 amide bonds. The molecular formula is C20H22F4N4O3S. The summed E-state index contributed by atoms with van der Waals surface area (Å²) in [5, 5.41) is 2.50. The Morgan fingerprint density at radius 2 is 2.06 bits per heavy atom. The van der Waals surface area contributed by atoms with Gasteiger partial charge in [0, 0.05) is 30.1 Å². The number of halogens is 4. The van der Waals surface area contributed by atoms with Crippen LogP contribution in [0.4, 0.5) is 28.9 Å². The molecular weight excluding hydrogens is 452 g/mol. The summed E-state index contributed by atoms with van der Waals surface area (Å²) in [4.78, 5) is 18.2. The molecule has 2 unspecified atom stereocenters. The van der Waals surface area contributed by atoms with E-state index >= 15 is 0 Å². The van der Waals surface area contributed by atoms with Gasteiger partial charge in [0.05, 0.1) is 22.5 Å². The van der Waals surface area contributed by atoms with Crippen LogP contribution in [0.15, 0.2) is 35.5 Å². The molecule has 0 radical (unpaired) electrons. The average molecular weight is 474 g/mol. The van der Waals surface area contributed by atoms with Crippen LogP contribution in [0.5, 0.6) is 5.75 Å². The summed E-state index contributed by atoms with van der Waals surface area (Å²) in [5.74, 6) is -3.65. The first-order chi connectivity index (χ1) is 14.9. The van der Waals surface area contributed by atoms with Crippen LogP contribution in [0.3, 0.4) is 0 Å². The number of nitrogens with zero attached hydrogens (tertiary/aromatic N) is 2. The number of ether oxygens (including phenoxy) is 1. The first kappa shape index (κ1) is 23.8. The third-order valence-corrected chi connectivity index (χ3v) is 6.36. The smallest absolute Gasteiger partial charge is 0.247 e. The molecule has 0 aliphatic carbocycles. The fourth-order valence-corrected chi connectivity index (χ4v) is 4.24. The quantitative estimate of drug-likeness (QED) is 0.620. The number of rotatable bonds is 6. The summed E-state index contributed by atoms with van der Waals surface area (Å²) in [5.41, 5.74) is -1.46. The van der Waals surface area contributed by atoms with E-state index in [0.717, 1.165) is 13.2 Å². The highest BCUT2D eigenvalue weighted by molar-refractivity contribution is 7.91. The number of aromatic nitrogens is 1. The molecule has 1 aliphatic heterocycles.